The number of hydrogen-bond acceptors (Lipinski definition) is 5. The Morgan fingerprint density at radius 2 is 1.81 bits per heavy atom. The standard InChI is InChI=1S/C24H21ClN4O2S/c1-16-4-3-5-20(14-16)29-23(17-6-8-18(25)9-7-17)27-28-24(29)32-15-22(30)26-19-10-12-21(31-2)13-11-19/h3-14H,15H2,1-2H3,(H,26,30). The van der Waals surface area contributed by atoms with Gasteiger partial charge in [0.25, 0.3) is 0 Å². The average molecular weight is 465 g/mol. The van der Waals surface area contributed by atoms with Crippen molar-refractivity contribution in [3.05, 3.63) is 83.4 Å². The summed E-state index contributed by atoms with van der Waals surface area (Å²) >= 11 is 7.38. The van der Waals surface area contributed by atoms with Crippen molar-refractivity contribution in [3.63, 3.8) is 0 Å². The number of carbonyl (C=O) groups is 1. The number of aryl methyl sites for hydroxylation is 1. The molecule has 1 heterocycles. The molecule has 6 nitrogen and oxygen atoms in total. The van der Waals surface area contributed by atoms with Gasteiger partial charge in [0.05, 0.1) is 12.9 Å². The first-order chi connectivity index (χ1) is 15.5. The first-order valence-corrected chi connectivity index (χ1v) is 11.2. The van der Waals surface area contributed by atoms with E-state index in [9.17, 15) is 4.79 Å². The molecule has 1 aromatic heterocycles. The summed E-state index contributed by atoms with van der Waals surface area (Å²) in [6, 6.07) is 22.7. The van der Waals surface area contributed by atoms with Gasteiger partial charge in [0.1, 0.15) is 5.75 Å². The quantitative estimate of drug-likeness (QED) is 0.359. The Kier molecular flexibility index (Phi) is 6.78. The number of anilines is 1. The van der Waals surface area contributed by atoms with Crippen molar-refractivity contribution in [1.29, 1.82) is 0 Å². The van der Waals surface area contributed by atoms with Gasteiger partial charge in [-0.15, -0.1) is 10.2 Å². The van der Waals surface area contributed by atoms with Crippen LogP contribution >= 0.6 is 23.4 Å². The highest BCUT2D eigenvalue weighted by molar-refractivity contribution is 7.99. The van der Waals surface area contributed by atoms with E-state index in [1.165, 1.54) is 11.8 Å². The summed E-state index contributed by atoms with van der Waals surface area (Å²) in [6.45, 7) is 2.03. The molecular weight excluding hydrogens is 444 g/mol. The fourth-order valence-corrected chi connectivity index (χ4v) is 4.03. The number of carbonyl (C=O) groups excluding carboxylic acids is 1. The molecule has 0 bridgehead atoms. The lowest BCUT2D eigenvalue weighted by Gasteiger charge is -2.11. The maximum absolute atomic E-state index is 12.5. The molecule has 1 amide bonds. The van der Waals surface area contributed by atoms with E-state index in [1.807, 2.05) is 54.0 Å². The molecule has 3 aromatic carbocycles. The smallest absolute Gasteiger partial charge is 0.234 e. The minimum atomic E-state index is -0.132. The highest BCUT2D eigenvalue weighted by atomic mass is 35.5. The largest absolute Gasteiger partial charge is 0.497 e. The van der Waals surface area contributed by atoms with Crippen LogP contribution in [0.25, 0.3) is 17.1 Å². The highest BCUT2D eigenvalue weighted by Gasteiger charge is 2.17. The van der Waals surface area contributed by atoms with Gasteiger partial charge in [-0.2, -0.15) is 0 Å². The third-order valence-electron chi connectivity index (χ3n) is 4.70. The number of nitrogens with one attached hydrogen (secondary N) is 1. The molecule has 0 spiro atoms. The molecule has 8 heteroatoms. The molecule has 0 saturated heterocycles. The fraction of sp³-hybridized carbons (Fsp3) is 0.125. The van der Waals surface area contributed by atoms with Crippen molar-refractivity contribution in [3.8, 4) is 22.8 Å². The van der Waals surface area contributed by atoms with Crippen molar-refractivity contribution in [2.45, 2.75) is 12.1 Å². The van der Waals surface area contributed by atoms with Gasteiger partial charge in [-0.05, 0) is 73.2 Å². The van der Waals surface area contributed by atoms with Crippen molar-refractivity contribution in [2.24, 2.45) is 0 Å². The molecule has 0 atom stereocenters. The molecular formula is C24H21ClN4O2S. The van der Waals surface area contributed by atoms with Crippen LogP contribution in [-0.2, 0) is 4.79 Å². The maximum atomic E-state index is 12.5. The summed E-state index contributed by atoms with van der Waals surface area (Å²) in [5, 5.41) is 12.9. The lowest BCUT2D eigenvalue weighted by Crippen LogP contribution is -2.14. The molecule has 0 radical (unpaired) electrons. The Balaban J connectivity index is 1.57. The van der Waals surface area contributed by atoms with Crippen LogP contribution in [0.1, 0.15) is 5.56 Å². The summed E-state index contributed by atoms with van der Waals surface area (Å²) in [7, 11) is 1.60. The van der Waals surface area contributed by atoms with Crippen molar-refractivity contribution >= 4 is 35.0 Å². The summed E-state index contributed by atoms with van der Waals surface area (Å²) in [4.78, 5) is 12.5. The Bertz CT molecular complexity index is 1220. The van der Waals surface area contributed by atoms with Gasteiger partial charge in [-0.3, -0.25) is 9.36 Å². The summed E-state index contributed by atoms with van der Waals surface area (Å²) in [5.74, 6) is 1.48. The van der Waals surface area contributed by atoms with Crippen LogP contribution in [0.15, 0.2) is 78.0 Å². The number of thioether (sulfide) groups is 1. The van der Waals surface area contributed by atoms with E-state index in [2.05, 4.69) is 21.6 Å². The normalized spacial score (nSPS) is 10.7. The molecule has 0 fully saturated rings. The molecule has 0 aliphatic rings. The van der Waals surface area contributed by atoms with Gasteiger partial charge in [0.2, 0.25) is 5.91 Å². The zero-order valence-electron chi connectivity index (χ0n) is 17.6. The molecule has 0 aliphatic carbocycles. The third kappa shape index (κ3) is 5.12. The van der Waals surface area contributed by atoms with Crippen molar-refractivity contribution < 1.29 is 9.53 Å². The second-order valence-corrected chi connectivity index (χ2v) is 8.43. The predicted molar refractivity (Wildman–Crippen MR) is 129 cm³/mol. The number of aromatic nitrogens is 3. The fourth-order valence-electron chi connectivity index (χ4n) is 3.15. The van der Waals surface area contributed by atoms with Crippen LogP contribution in [0.4, 0.5) is 5.69 Å². The summed E-state index contributed by atoms with van der Waals surface area (Å²) in [6.07, 6.45) is 0. The molecule has 0 aliphatic heterocycles. The summed E-state index contributed by atoms with van der Waals surface area (Å²) < 4.78 is 7.11. The number of benzene rings is 3. The molecule has 4 aromatic rings. The van der Waals surface area contributed by atoms with Crippen LogP contribution in [0.3, 0.4) is 0 Å². The number of ether oxygens (including phenoxy) is 1. The molecule has 1 N–H and O–H groups in total. The van der Waals surface area contributed by atoms with Crippen molar-refractivity contribution in [2.75, 3.05) is 18.2 Å². The predicted octanol–water partition coefficient (Wildman–Crippen LogP) is 5.64. The lowest BCUT2D eigenvalue weighted by atomic mass is 10.2. The Morgan fingerprint density at radius 3 is 2.50 bits per heavy atom. The minimum absolute atomic E-state index is 0.132. The molecule has 0 saturated carbocycles. The van der Waals surface area contributed by atoms with E-state index in [0.29, 0.717) is 21.7 Å². The maximum Gasteiger partial charge on any atom is 0.234 e. The Hall–Kier alpha value is -3.29. The SMILES string of the molecule is COc1ccc(NC(=O)CSc2nnc(-c3ccc(Cl)cc3)n2-c2cccc(C)c2)cc1. The van der Waals surface area contributed by atoms with Gasteiger partial charge in [0, 0.05) is 22.0 Å². The lowest BCUT2D eigenvalue weighted by molar-refractivity contribution is -0.113. The molecule has 0 unspecified atom stereocenters. The van der Waals surface area contributed by atoms with Crippen LogP contribution in [0.5, 0.6) is 5.75 Å². The van der Waals surface area contributed by atoms with Gasteiger partial charge in [0.15, 0.2) is 11.0 Å². The van der Waals surface area contributed by atoms with E-state index in [1.54, 1.807) is 31.4 Å². The van der Waals surface area contributed by atoms with E-state index in [0.717, 1.165) is 22.6 Å². The topological polar surface area (TPSA) is 69.0 Å². The van der Waals surface area contributed by atoms with Crippen LogP contribution in [0, 0.1) is 6.92 Å². The van der Waals surface area contributed by atoms with Gasteiger partial charge in [-0.1, -0.05) is 35.5 Å². The zero-order chi connectivity index (χ0) is 22.5. The van der Waals surface area contributed by atoms with E-state index >= 15 is 0 Å². The minimum Gasteiger partial charge on any atom is -0.497 e. The van der Waals surface area contributed by atoms with E-state index in [-0.39, 0.29) is 11.7 Å². The third-order valence-corrected chi connectivity index (χ3v) is 5.88. The van der Waals surface area contributed by atoms with Gasteiger partial charge >= 0.3 is 0 Å². The number of methoxy groups -OCH3 is 1. The number of amides is 1. The van der Waals surface area contributed by atoms with Gasteiger partial charge < -0.3 is 10.1 Å². The number of halogens is 1. The first-order valence-electron chi connectivity index (χ1n) is 9.88. The van der Waals surface area contributed by atoms with Gasteiger partial charge in [-0.25, -0.2) is 0 Å². The van der Waals surface area contributed by atoms with E-state index in [4.69, 9.17) is 16.3 Å². The van der Waals surface area contributed by atoms with E-state index < -0.39 is 0 Å². The Labute approximate surface area is 195 Å². The first kappa shape index (κ1) is 21.9. The highest BCUT2D eigenvalue weighted by Crippen LogP contribution is 2.29. The number of nitrogens with zero attached hydrogens (tertiary/aromatic N) is 3. The second-order valence-electron chi connectivity index (χ2n) is 7.05. The molecule has 4 rings (SSSR count). The monoisotopic (exact) mass is 464 g/mol. The zero-order valence-corrected chi connectivity index (χ0v) is 19.2. The second kappa shape index (κ2) is 9.89. The van der Waals surface area contributed by atoms with Crippen LogP contribution in [0.2, 0.25) is 5.02 Å². The molecule has 162 valence electrons. The van der Waals surface area contributed by atoms with Crippen LogP contribution < -0.4 is 10.1 Å². The van der Waals surface area contributed by atoms with Crippen LogP contribution in [-0.4, -0.2) is 33.5 Å². The average Bonchev–Trinajstić information content (AvgIpc) is 3.23. The summed E-state index contributed by atoms with van der Waals surface area (Å²) in [5.41, 5.74) is 3.64. The number of rotatable bonds is 7. The molecule has 32 heavy (non-hydrogen) atoms. The Morgan fingerprint density at radius 1 is 1.06 bits per heavy atom. The number of hydrogen-bond donors (Lipinski definition) is 1. The van der Waals surface area contributed by atoms with Crippen molar-refractivity contribution in [1.82, 2.24) is 14.8 Å².